The molecule has 0 bridgehead atoms. The lowest BCUT2D eigenvalue weighted by molar-refractivity contribution is 0.0545. The second-order valence-electron chi connectivity index (χ2n) is 3.68. The average Bonchev–Trinajstić information content (AvgIpc) is 2.27. The number of hydrogen-bond acceptors (Lipinski definition) is 4. The first kappa shape index (κ1) is 13.2. The Bertz CT molecular complexity index is 515. The minimum atomic E-state index is -0.605. The van der Waals surface area contributed by atoms with Gasteiger partial charge in [0.1, 0.15) is 12.2 Å². The summed E-state index contributed by atoms with van der Waals surface area (Å²) in [7, 11) is 1.51. The summed E-state index contributed by atoms with van der Waals surface area (Å²) in [5.74, 6) is -0.605. The summed E-state index contributed by atoms with van der Waals surface area (Å²) in [5.41, 5.74) is 0.840. The minimum absolute atomic E-state index is 0.0597. The van der Waals surface area contributed by atoms with Crippen LogP contribution in [0.4, 0.5) is 0 Å². The number of esters is 1. The Morgan fingerprint density at radius 2 is 2.12 bits per heavy atom. The summed E-state index contributed by atoms with van der Waals surface area (Å²) in [6.07, 6.45) is 3.47. The maximum Gasteiger partial charge on any atom is 0.344 e. The molecule has 0 saturated carbocycles. The molecule has 0 N–H and O–H groups in total. The molecule has 0 saturated heterocycles. The number of aromatic nitrogens is 2. The molecule has 0 amide bonds. The van der Waals surface area contributed by atoms with Gasteiger partial charge in [-0.2, -0.15) is 5.10 Å². The first-order chi connectivity index (χ1) is 7.99. The molecular formula is C12H16N2O3. The van der Waals surface area contributed by atoms with Crippen molar-refractivity contribution in [1.82, 2.24) is 9.78 Å². The molecule has 1 heterocycles. The molecule has 5 heteroatoms. The molecule has 0 radical (unpaired) electrons. The van der Waals surface area contributed by atoms with Crippen LogP contribution in [0.2, 0.25) is 0 Å². The van der Waals surface area contributed by atoms with Gasteiger partial charge in [-0.15, -0.1) is 0 Å². The molecular weight excluding hydrogens is 220 g/mol. The van der Waals surface area contributed by atoms with Gasteiger partial charge in [0.15, 0.2) is 0 Å². The molecule has 5 nitrogen and oxygen atoms in total. The second kappa shape index (κ2) is 5.43. The lowest BCUT2D eigenvalue weighted by Crippen LogP contribution is -2.29. The fraction of sp³-hybridized carbons (Fsp3) is 0.417. The molecule has 0 fully saturated rings. The largest absolute Gasteiger partial charge is 0.458 e. The van der Waals surface area contributed by atoms with Crippen molar-refractivity contribution in [3.63, 3.8) is 0 Å². The van der Waals surface area contributed by atoms with Gasteiger partial charge in [0, 0.05) is 7.05 Å². The van der Waals surface area contributed by atoms with E-state index in [-0.39, 0.29) is 12.2 Å². The number of rotatable bonds is 3. The molecule has 0 aromatic carbocycles. The lowest BCUT2D eigenvalue weighted by Gasteiger charge is -2.08. The number of nitrogens with zero attached hydrogens (tertiary/aromatic N) is 2. The molecule has 0 atom stereocenters. The Balaban J connectivity index is 3.13. The van der Waals surface area contributed by atoms with Crippen molar-refractivity contribution >= 4 is 5.97 Å². The van der Waals surface area contributed by atoms with E-state index in [0.717, 1.165) is 4.68 Å². The van der Waals surface area contributed by atoms with E-state index in [4.69, 9.17) is 4.74 Å². The monoisotopic (exact) mass is 236 g/mol. The van der Waals surface area contributed by atoms with E-state index in [9.17, 15) is 9.59 Å². The second-order valence-corrected chi connectivity index (χ2v) is 3.68. The Labute approximate surface area is 99.7 Å². The zero-order chi connectivity index (χ0) is 13.0. The van der Waals surface area contributed by atoms with E-state index in [0.29, 0.717) is 11.3 Å². The molecule has 0 aliphatic rings. The molecule has 1 aromatic rings. The smallest absolute Gasteiger partial charge is 0.344 e. The van der Waals surface area contributed by atoms with E-state index in [2.05, 4.69) is 5.10 Å². The van der Waals surface area contributed by atoms with Crippen molar-refractivity contribution in [3.8, 4) is 0 Å². The Morgan fingerprint density at radius 1 is 1.47 bits per heavy atom. The van der Waals surface area contributed by atoms with Gasteiger partial charge in [-0.3, -0.25) is 4.79 Å². The minimum Gasteiger partial charge on any atom is -0.458 e. The molecule has 1 aromatic heterocycles. The Kier molecular flexibility index (Phi) is 4.20. The number of aryl methyl sites for hydroxylation is 2. The van der Waals surface area contributed by atoms with Crippen LogP contribution in [-0.2, 0) is 11.8 Å². The predicted molar refractivity (Wildman–Crippen MR) is 64.0 cm³/mol. The van der Waals surface area contributed by atoms with Crippen LogP contribution in [0.15, 0.2) is 16.9 Å². The van der Waals surface area contributed by atoms with Crippen LogP contribution >= 0.6 is 0 Å². The van der Waals surface area contributed by atoms with Crippen LogP contribution in [0.5, 0.6) is 0 Å². The zero-order valence-electron chi connectivity index (χ0n) is 10.5. The summed E-state index contributed by atoms with van der Waals surface area (Å²) < 4.78 is 6.12. The lowest BCUT2D eigenvalue weighted by atomic mass is 10.1. The van der Waals surface area contributed by atoms with Crippen LogP contribution < -0.4 is 5.56 Å². The highest BCUT2D eigenvalue weighted by molar-refractivity contribution is 5.90. The Hall–Kier alpha value is -1.91. The van der Waals surface area contributed by atoms with Gasteiger partial charge in [-0.1, -0.05) is 12.2 Å². The van der Waals surface area contributed by atoms with Gasteiger partial charge in [0.2, 0.25) is 0 Å². The third-order valence-electron chi connectivity index (χ3n) is 2.48. The van der Waals surface area contributed by atoms with Crippen molar-refractivity contribution in [2.45, 2.75) is 20.8 Å². The van der Waals surface area contributed by atoms with Crippen LogP contribution in [-0.4, -0.2) is 22.4 Å². The van der Waals surface area contributed by atoms with E-state index in [1.165, 1.54) is 7.05 Å². The molecule has 17 heavy (non-hydrogen) atoms. The number of allylic oxidation sites excluding steroid dienone is 1. The van der Waals surface area contributed by atoms with E-state index >= 15 is 0 Å². The molecule has 0 aliphatic carbocycles. The molecule has 0 unspecified atom stereocenters. The highest BCUT2D eigenvalue weighted by Crippen LogP contribution is 2.07. The molecule has 0 spiro atoms. The van der Waals surface area contributed by atoms with Gasteiger partial charge >= 0.3 is 5.97 Å². The van der Waals surface area contributed by atoms with Gasteiger partial charge in [0.05, 0.1) is 5.69 Å². The molecule has 0 aliphatic heterocycles. The number of ether oxygens (including phenoxy) is 1. The third-order valence-corrected chi connectivity index (χ3v) is 2.48. The summed E-state index contributed by atoms with van der Waals surface area (Å²) in [5, 5.41) is 3.99. The summed E-state index contributed by atoms with van der Waals surface area (Å²) >= 11 is 0. The van der Waals surface area contributed by atoms with Crippen LogP contribution in [0, 0.1) is 13.8 Å². The zero-order valence-corrected chi connectivity index (χ0v) is 10.5. The van der Waals surface area contributed by atoms with Crippen molar-refractivity contribution in [3.05, 3.63) is 39.3 Å². The maximum absolute atomic E-state index is 11.8. The van der Waals surface area contributed by atoms with Crippen LogP contribution in [0.25, 0.3) is 0 Å². The quantitative estimate of drug-likeness (QED) is 0.583. The van der Waals surface area contributed by atoms with E-state index in [1.807, 2.05) is 6.92 Å². The van der Waals surface area contributed by atoms with Crippen molar-refractivity contribution in [2.75, 3.05) is 6.61 Å². The molecule has 92 valence electrons. The number of carbonyl (C=O) groups is 1. The topological polar surface area (TPSA) is 61.2 Å². The number of hydrogen-bond donors (Lipinski definition) is 0. The van der Waals surface area contributed by atoms with Crippen LogP contribution in [0.3, 0.4) is 0 Å². The van der Waals surface area contributed by atoms with Gasteiger partial charge in [-0.05, 0) is 26.3 Å². The van der Waals surface area contributed by atoms with E-state index < -0.39 is 11.5 Å². The SMILES string of the molecule is C/C=C/COC(=O)c1c(C)c(C)nn(C)c1=O. The predicted octanol–water partition coefficient (Wildman–Crippen LogP) is 1.13. The van der Waals surface area contributed by atoms with Crippen molar-refractivity contribution < 1.29 is 9.53 Å². The summed E-state index contributed by atoms with van der Waals surface area (Å²) in [4.78, 5) is 23.6. The highest BCUT2D eigenvalue weighted by atomic mass is 16.5. The van der Waals surface area contributed by atoms with Crippen molar-refractivity contribution in [2.24, 2.45) is 7.05 Å². The fourth-order valence-electron chi connectivity index (χ4n) is 1.38. The summed E-state index contributed by atoms with van der Waals surface area (Å²) in [6.45, 7) is 5.43. The van der Waals surface area contributed by atoms with Gasteiger partial charge in [-0.25, -0.2) is 9.48 Å². The van der Waals surface area contributed by atoms with Crippen molar-refractivity contribution in [1.29, 1.82) is 0 Å². The first-order valence-corrected chi connectivity index (χ1v) is 5.31. The van der Waals surface area contributed by atoms with E-state index in [1.54, 1.807) is 26.0 Å². The van der Waals surface area contributed by atoms with Crippen LogP contribution in [0.1, 0.15) is 28.5 Å². The average molecular weight is 236 g/mol. The number of carbonyl (C=O) groups excluding carboxylic acids is 1. The normalized spacial score (nSPS) is 10.8. The maximum atomic E-state index is 11.8. The van der Waals surface area contributed by atoms with Gasteiger partial charge < -0.3 is 4.74 Å². The molecule has 1 rings (SSSR count). The summed E-state index contributed by atoms with van der Waals surface area (Å²) in [6, 6.07) is 0. The highest BCUT2D eigenvalue weighted by Gasteiger charge is 2.18. The Morgan fingerprint density at radius 3 is 2.71 bits per heavy atom. The van der Waals surface area contributed by atoms with Gasteiger partial charge in [0.25, 0.3) is 5.56 Å². The standard InChI is InChI=1S/C12H16N2O3/c1-5-6-7-17-12(16)10-8(2)9(3)13-14(4)11(10)15/h5-6H,7H2,1-4H3/b6-5+. The third kappa shape index (κ3) is 2.81. The fourth-order valence-corrected chi connectivity index (χ4v) is 1.38. The first-order valence-electron chi connectivity index (χ1n) is 5.31.